The van der Waals surface area contributed by atoms with Crippen LogP contribution < -0.4 is 5.73 Å². The third kappa shape index (κ3) is 2.47. The van der Waals surface area contributed by atoms with E-state index in [1.54, 1.807) is 0 Å². The van der Waals surface area contributed by atoms with Gasteiger partial charge in [0.2, 0.25) is 0 Å². The van der Waals surface area contributed by atoms with Crippen molar-refractivity contribution in [2.75, 3.05) is 6.54 Å². The van der Waals surface area contributed by atoms with Crippen LogP contribution in [0.15, 0.2) is 54.7 Å². The first kappa shape index (κ1) is 12.9. The van der Waals surface area contributed by atoms with Gasteiger partial charge in [-0.05, 0) is 42.1 Å². The predicted octanol–water partition coefficient (Wildman–Crippen LogP) is 3.27. The first-order valence-corrected chi connectivity index (χ1v) is 7.09. The Kier molecular flexibility index (Phi) is 3.57. The molecule has 3 rings (SSSR count). The van der Waals surface area contributed by atoms with Crippen LogP contribution in [-0.2, 0) is 19.9 Å². The van der Waals surface area contributed by atoms with Crippen molar-refractivity contribution in [3.05, 3.63) is 71.4 Å². The van der Waals surface area contributed by atoms with E-state index in [9.17, 15) is 0 Å². The highest BCUT2D eigenvalue weighted by Gasteiger charge is 2.06. The van der Waals surface area contributed by atoms with Gasteiger partial charge >= 0.3 is 0 Å². The van der Waals surface area contributed by atoms with Gasteiger partial charge in [0.05, 0.1) is 0 Å². The third-order valence-electron chi connectivity index (χ3n) is 3.80. The molecule has 0 bridgehead atoms. The number of nitrogens with zero attached hydrogens (tertiary/aromatic N) is 1. The number of aromatic nitrogens is 1. The van der Waals surface area contributed by atoms with Gasteiger partial charge in [0.25, 0.3) is 0 Å². The van der Waals surface area contributed by atoms with Crippen LogP contribution in [0.25, 0.3) is 10.9 Å². The molecule has 0 radical (unpaired) electrons. The van der Waals surface area contributed by atoms with Crippen LogP contribution in [0, 0.1) is 0 Å². The summed E-state index contributed by atoms with van der Waals surface area (Å²) in [7, 11) is 2.11. The first-order chi connectivity index (χ1) is 9.78. The normalized spacial score (nSPS) is 11.1. The molecule has 0 atom stereocenters. The van der Waals surface area contributed by atoms with Crippen LogP contribution in [0.1, 0.15) is 16.7 Å². The van der Waals surface area contributed by atoms with Crippen molar-refractivity contribution in [1.29, 1.82) is 0 Å². The summed E-state index contributed by atoms with van der Waals surface area (Å²) in [5.41, 5.74) is 11.0. The molecule has 2 aromatic carbocycles. The molecule has 0 fully saturated rings. The monoisotopic (exact) mass is 264 g/mol. The fourth-order valence-electron chi connectivity index (χ4n) is 2.85. The topological polar surface area (TPSA) is 30.9 Å². The van der Waals surface area contributed by atoms with E-state index in [2.05, 4.69) is 66.3 Å². The molecule has 0 spiro atoms. The van der Waals surface area contributed by atoms with Gasteiger partial charge in [-0.3, -0.25) is 0 Å². The van der Waals surface area contributed by atoms with Crippen LogP contribution in [0.4, 0.5) is 0 Å². The Morgan fingerprint density at radius 3 is 2.65 bits per heavy atom. The van der Waals surface area contributed by atoms with Crippen molar-refractivity contribution in [1.82, 2.24) is 4.57 Å². The van der Waals surface area contributed by atoms with Crippen molar-refractivity contribution in [3.63, 3.8) is 0 Å². The average Bonchev–Trinajstić information content (AvgIpc) is 2.77. The maximum Gasteiger partial charge on any atom is 0.0480 e. The Morgan fingerprint density at radius 1 is 1.00 bits per heavy atom. The lowest BCUT2D eigenvalue weighted by Crippen LogP contribution is -2.02. The number of fused-ring (bicyclic) bond motifs is 1. The molecule has 102 valence electrons. The molecule has 2 nitrogen and oxygen atoms in total. The molecule has 0 unspecified atom stereocenters. The van der Waals surface area contributed by atoms with Gasteiger partial charge in [-0.25, -0.2) is 0 Å². The summed E-state index contributed by atoms with van der Waals surface area (Å²) >= 11 is 0. The second-order valence-corrected chi connectivity index (χ2v) is 5.32. The van der Waals surface area contributed by atoms with E-state index in [0.29, 0.717) is 6.54 Å². The summed E-state index contributed by atoms with van der Waals surface area (Å²) in [6.45, 7) is 0.706. The van der Waals surface area contributed by atoms with E-state index in [1.165, 1.54) is 27.6 Å². The molecule has 2 N–H and O–H groups in total. The smallest absolute Gasteiger partial charge is 0.0480 e. The number of rotatable bonds is 4. The van der Waals surface area contributed by atoms with Gasteiger partial charge in [-0.15, -0.1) is 0 Å². The van der Waals surface area contributed by atoms with E-state index in [0.717, 1.165) is 12.8 Å². The molecule has 0 saturated heterocycles. The fraction of sp³-hybridized carbons (Fsp3) is 0.222. The molecular formula is C18H20N2. The zero-order valence-electron chi connectivity index (χ0n) is 11.8. The van der Waals surface area contributed by atoms with Crippen LogP contribution in [0.2, 0.25) is 0 Å². The minimum Gasteiger partial charge on any atom is -0.350 e. The number of hydrogen-bond donors (Lipinski definition) is 1. The van der Waals surface area contributed by atoms with E-state index < -0.39 is 0 Å². The molecule has 0 aliphatic carbocycles. The summed E-state index contributed by atoms with van der Waals surface area (Å²) in [5, 5.41) is 1.35. The molecule has 2 heteroatoms. The highest BCUT2D eigenvalue weighted by molar-refractivity contribution is 5.84. The molecule has 20 heavy (non-hydrogen) atoms. The minimum absolute atomic E-state index is 0.706. The molecule has 0 aliphatic heterocycles. The third-order valence-corrected chi connectivity index (χ3v) is 3.80. The summed E-state index contributed by atoms with van der Waals surface area (Å²) < 4.78 is 2.20. The number of aryl methyl sites for hydroxylation is 1. The van der Waals surface area contributed by atoms with Crippen molar-refractivity contribution >= 4 is 10.9 Å². The lowest BCUT2D eigenvalue weighted by Gasteiger charge is -2.04. The second kappa shape index (κ2) is 5.51. The summed E-state index contributed by atoms with van der Waals surface area (Å²) in [4.78, 5) is 0. The van der Waals surface area contributed by atoms with Gasteiger partial charge in [0.1, 0.15) is 0 Å². The Bertz CT molecular complexity index is 725. The van der Waals surface area contributed by atoms with Gasteiger partial charge in [0.15, 0.2) is 0 Å². The lowest BCUT2D eigenvalue weighted by molar-refractivity contribution is 0.953. The second-order valence-electron chi connectivity index (χ2n) is 5.32. The van der Waals surface area contributed by atoms with E-state index >= 15 is 0 Å². The predicted molar refractivity (Wildman–Crippen MR) is 84.9 cm³/mol. The van der Waals surface area contributed by atoms with Crippen molar-refractivity contribution in [2.24, 2.45) is 12.8 Å². The van der Waals surface area contributed by atoms with E-state index in [-0.39, 0.29) is 0 Å². The van der Waals surface area contributed by atoms with Crippen molar-refractivity contribution in [3.8, 4) is 0 Å². The average molecular weight is 264 g/mol. The molecule has 1 aromatic heterocycles. The summed E-state index contributed by atoms with van der Waals surface area (Å²) in [6, 6.07) is 17.3. The Labute approximate surface area is 119 Å². The maximum atomic E-state index is 5.64. The highest BCUT2D eigenvalue weighted by atomic mass is 14.9. The molecule has 0 saturated carbocycles. The quantitative estimate of drug-likeness (QED) is 0.770. The minimum atomic E-state index is 0.706. The maximum absolute atomic E-state index is 5.64. The van der Waals surface area contributed by atoms with Gasteiger partial charge in [-0.1, -0.05) is 42.5 Å². The van der Waals surface area contributed by atoms with E-state index in [4.69, 9.17) is 5.73 Å². The first-order valence-electron chi connectivity index (χ1n) is 7.09. The largest absolute Gasteiger partial charge is 0.350 e. The van der Waals surface area contributed by atoms with E-state index in [1.807, 2.05) is 0 Å². The summed E-state index contributed by atoms with van der Waals surface area (Å²) in [6.07, 6.45) is 4.16. The molecule has 0 aliphatic rings. The van der Waals surface area contributed by atoms with Gasteiger partial charge < -0.3 is 10.3 Å². The Hall–Kier alpha value is -2.06. The van der Waals surface area contributed by atoms with Crippen LogP contribution in [-0.4, -0.2) is 11.1 Å². The molecule has 0 amide bonds. The molecule has 3 aromatic rings. The van der Waals surface area contributed by atoms with Crippen LogP contribution >= 0.6 is 0 Å². The van der Waals surface area contributed by atoms with Crippen LogP contribution in [0.5, 0.6) is 0 Å². The van der Waals surface area contributed by atoms with Crippen molar-refractivity contribution in [2.45, 2.75) is 12.8 Å². The molecule has 1 heterocycles. The lowest BCUT2D eigenvalue weighted by atomic mass is 10.0. The van der Waals surface area contributed by atoms with Gasteiger partial charge in [-0.2, -0.15) is 0 Å². The highest BCUT2D eigenvalue weighted by Crippen LogP contribution is 2.23. The number of para-hydroxylation sites is 1. The fourth-order valence-corrected chi connectivity index (χ4v) is 2.85. The number of nitrogens with two attached hydrogens (primary N) is 1. The Balaban J connectivity index is 1.95. The van der Waals surface area contributed by atoms with Crippen LogP contribution in [0.3, 0.4) is 0 Å². The zero-order valence-corrected chi connectivity index (χ0v) is 11.8. The SMILES string of the molecule is Cn1cc(Cc2cccc(CCN)c2)c2ccccc21. The Morgan fingerprint density at radius 2 is 1.80 bits per heavy atom. The molecular weight excluding hydrogens is 244 g/mol. The van der Waals surface area contributed by atoms with Crippen molar-refractivity contribution < 1.29 is 0 Å². The summed E-state index contributed by atoms with van der Waals surface area (Å²) in [5.74, 6) is 0. The van der Waals surface area contributed by atoms with Gasteiger partial charge in [0, 0.05) is 24.1 Å². The zero-order chi connectivity index (χ0) is 13.9. The standard InChI is InChI=1S/C18H20N2/c1-20-13-16(17-7-2-3-8-18(17)20)12-15-6-4-5-14(11-15)9-10-19/h2-8,11,13H,9-10,12,19H2,1H3. The number of benzene rings is 2. The number of hydrogen-bond acceptors (Lipinski definition) is 1.